The van der Waals surface area contributed by atoms with E-state index in [-0.39, 0.29) is 6.54 Å². The molecule has 5 nitrogen and oxygen atoms in total. The molecule has 2 aromatic rings. The van der Waals surface area contributed by atoms with Gasteiger partial charge >= 0.3 is 12.1 Å². The number of aliphatic carboxylic acids is 1. The molecule has 0 aliphatic heterocycles. The van der Waals surface area contributed by atoms with Gasteiger partial charge in [-0.3, -0.25) is 4.79 Å². The van der Waals surface area contributed by atoms with Gasteiger partial charge in [0.2, 0.25) is 5.91 Å². The summed E-state index contributed by atoms with van der Waals surface area (Å²) in [6, 6.07) is 11.3. The standard InChI is InChI=1S/C20H20F3NO4/c1-2-17(14-6-4-7-15(10-14)20(21,22)23)19(27)24-11-13-5-3-8-16(9-13)28-12-18(25)26/h3-10,17H,2,11-12H2,1H3,(H,24,27)(H,25,26). The molecule has 0 saturated carbocycles. The molecule has 28 heavy (non-hydrogen) atoms. The maximum atomic E-state index is 12.9. The Morgan fingerprint density at radius 3 is 2.50 bits per heavy atom. The monoisotopic (exact) mass is 395 g/mol. The summed E-state index contributed by atoms with van der Waals surface area (Å²) >= 11 is 0. The molecule has 0 spiro atoms. The largest absolute Gasteiger partial charge is 0.482 e. The number of rotatable bonds is 8. The molecule has 0 aliphatic rings. The second kappa shape index (κ2) is 9.25. The maximum Gasteiger partial charge on any atom is 0.416 e. The van der Waals surface area contributed by atoms with Crippen LogP contribution in [0.4, 0.5) is 13.2 Å². The summed E-state index contributed by atoms with van der Waals surface area (Å²) in [5.74, 6) is -1.86. The average molecular weight is 395 g/mol. The van der Waals surface area contributed by atoms with E-state index in [1.165, 1.54) is 12.1 Å². The zero-order valence-electron chi connectivity index (χ0n) is 15.1. The first kappa shape index (κ1) is 21.3. The summed E-state index contributed by atoms with van der Waals surface area (Å²) in [4.78, 5) is 23.1. The zero-order valence-corrected chi connectivity index (χ0v) is 15.1. The summed E-state index contributed by atoms with van der Waals surface area (Å²) in [6.45, 7) is 1.38. The lowest BCUT2D eigenvalue weighted by Gasteiger charge is -2.17. The van der Waals surface area contributed by atoms with Gasteiger partial charge in [-0.25, -0.2) is 4.79 Å². The number of amides is 1. The summed E-state index contributed by atoms with van der Waals surface area (Å²) in [7, 11) is 0. The number of carbonyl (C=O) groups excluding carboxylic acids is 1. The van der Waals surface area contributed by atoms with Gasteiger partial charge in [-0.2, -0.15) is 13.2 Å². The second-order valence-electron chi connectivity index (χ2n) is 6.13. The number of carboxylic acids is 1. The summed E-state index contributed by atoms with van der Waals surface area (Å²) in [5, 5.41) is 11.3. The van der Waals surface area contributed by atoms with Gasteiger partial charge in [0.05, 0.1) is 11.5 Å². The van der Waals surface area contributed by atoms with Crippen LogP contribution in [0.25, 0.3) is 0 Å². The number of carboxylic acid groups (broad SMARTS) is 1. The first-order valence-electron chi connectivity index (χ1n) is 8.59. The fourth-order valence-corrected chi connectivity index (χ4v) is 2.71. The van der Waals surface area contributed by atoms with Crippen LogP contribution in [0.15, 0.2) is 48.5 Å². The molecule has 0 aliphatic carbocycles. The number of alkyl halides is 3. The van der Waals surface area contributed by atoms with Gasteiger partial charge in [0.1, 0.15) is 5.75 Å². The van der Waals surface area contributed by atoms with Gasteiger partial charge in [-0.15, -0.1) is 0 Å². The van der Waals surface area contributed by atoms with Crippen molar-refractivity contribution < 1.29 is 32.6 Å². The third-order valence-corrected chi connectivity index (χ3v) is 4.07. The van der Waals surface area contributed by atoms with Crippen LogP contribution in [0.1, 0.15) is 36.0 Å². The highest BCUT2D eigenvalue weighted by molar-refractivity contribution is 5.83. The van der Waals surface area contributed by atoms with Gasteiger partial charge in [-0.05, 0) is 35.7 Å². The highest BCUT2D eigenvalue weighted by Gasteiger charge is 2.31. The lowest BCUT2D eigenvalue weighted by Crippen LogP contribution is -2.29. The topological polar surface area (TPSA) is 75.6 Å². The Bertz CT molecular complexity index is 836. The van der Waals surface area contributed by atoms with Gasteiger partial charge in [0, 0.05) is 6.54 Å². The smallest absolute Gasteiger partial charge is 0.416 e. The maximum absolute atomic E-state index is 12.9. The molecule has 0 aromatic heterocycles. The van der Waals surface area contributed by atoms with Crippen LogP contribution in [-0.4, -0.2) is 23.6 Å². The Labute approximate surface area is 160 Å². The van der Waals surface area contributed by atoms with E-state index < -0.39 is 36.1 Å². The molecule has 0 fully saturated rings. The predicted molar refractivity (Wildman–Crippen MR) is 95.9 cm³/mol. The van der Waals surface area contributed by atoms with Crippen molar-refractivity contribution in [2.45, 2.75) is 32.0 Å². The Balaban J connectivity index is 2.05. The fourth-order valence-electron chi connectivity index (χ4n) is 2.71. The number of halogens is 3. The lowest BCUT2D eigenvalue weighted by molar-refractivity contribution is -0.139. The normalized spacial score (nSPS) is 12.3. The van der Waals surface area contributed by atoms with E-state index in [4.69, 9.17) is 9.84 Å². The first-order chi connectivity index (χ1) is 13.2. The Morgan fingerprint density at radius 1 is 1.14 bits per heavy atom. The third-order valence-electron chi connectivity index (χ3n) is 4.07. The highest BCUT2D eigenvalue weighted by Crippen LogP contribution is 2.32. The molecular formula is C20H20F3NO4. The number of carbonyl (C=O) groups is 2. The van der Waals surface area contributed by atoms with Crippen LogP contribution in [0.3, 0.4) is 0 Å². The van der Waals surface area contributed by atoms with Crippen molar-refractivity contribution in [1.82, 2.24) is 5.32 Å². The van der Waals surface area contributed by atoms with Crippen molar-refractivity contribution in [3.8, 4) is 5.75 Å². The molecule has 8 heteroatoms. The Morgan fingerprint density at radius 2 is 1.86 bits per heavy atom. The van der Waals surface area contributed by atoms with E-state index in [1.54, 1.807) is 31.2 Å². The third kappa shape index (κ3) is 6.00. The summed E-state index contributed by atoms with van der Waals surface area (Å²) in [5.41, 5.74) is 0.183. The molecule has 0 heterocycles. The van der Waals surface area contributed by atoms with Gasteiger partial charge in [0.15, 0.2) is 6.61 Å². The van der Waals surface area contributed by atoms with Crippen LogP contribution in [0, 0.1) is 0 Å². The van der Waals surface area contributed by atoms with Crippen LogP contribution in [-0.2, 0) is 22.3 Å². The van der Waals surface area contributed by atoms with Crippen molar-refractivity contribution in [2.75, 3.05) is 6.61 Å². The molecule has 0 saturated heterocycles. The number of hydrogen-bond acceptors (Lipinski definition) is 3. The minimum Gasteiger partial charge on any atom is -0.482 e. The van der Waals surface area contributed by atoms with Crippen LogP contribution < -0.4 is 10.1 Å². The molecular weight excluding hydrogens is 375 g/mol. The van der Waals surface area contributed by atoms with Crippen molar-refractivity contribution >= 4 is 11.9 Å². The second-order valence-corrected chi connectivity index (χ2v) is 6.13. The van der Waals surface area contributed by atoms with Crippen LogP contribution in [0.2, 0.25) is 0 Å². The Hall–Kier alpha value is -3.03. The highest BCUT2D eigenvalue weighted by atomic mass is 19.4. The van der Waals surface area contributed by atoms with E-state index in [0.717, 1.165) is 12.1 Å². The van der Waals surface area contributed by atoms with Crippen LogP contribution >= 0.6 is 0 Å². The molecule has 1 unspecified atom stereocenters. The quantitative estimate of drug-likeness (QED) is 0.709. The van der Waals surface area contributed by atoms with Crippen molar-refractivity contribution in [1.29, 1.82) is 0 Å². The number of hydrogen-bond donors (Lipinski definition) is 2. The van der Waals surface area contributed by atoms with E-state index in [9.17, 15) is 22.8 Å². The molecule has 0 radical (unpaired) electrons. The van der Waals surface area contributed by atoms with Gasteiger partial charge in [0.25, 0.3) is 0 Å². The summed E-state index contributed by atoms with van der Waals surface area (Å²) < 4.78 is 43.8. The molecule has 2 N–H and O–H groups in total. The number of nitrogens with one attached hydrogen (secondary N) is 1. The lowest BCUT2D eigenvalue weighted by atomic mass is 9.94. The zero-order chi connectivity index (χ0) is 20.7. The van der Waals surface area contributed by atoms with E-state index >= 15 is 0 Å². The van der Waals surface area contributed by atoms with Crippen molar-refractivity contribution in [2.24, 2.45) is 0 Å². The number of ether oxygens (including phenoxy) is 1. The van der Waals surface area contributed by atoms with Gasteiger partial charge < -0.3 is 15.2 Å². The van der Waals surface area contributed by atoms with E-state index in [2.05, 4.69) is 5.32 Å². The molecule has 2 aromatic carbocycles. The van der Waals surface area contributed by atoms with E-state index in [1.807, 2.05) is 0 Å². The SMILES string of the molecule is CCC(C(=O)NCc1cccc(OCC(=O)O)c1)c1cccc(C(F)(F)F)c1. The molecule has 0 bridgehead atoms. The van der Waals surface area contributed by atoms with Gasteiger partial charge in [-0.1, -0.05) is 37.3 Å². The minimum atomic E-state index is -4.47. The Kier molecular flexibility index (Phi) is 7.03. The van der Waals surface area contributed by atoms with Crippen molar-refractivity contribution in [3.05, 3.63) is 65.2 Å². The van der Waals surface area contributed by atoms with Crippen LogP contribution in [0.5, 0.6) is 5.75 Å². The molecule has 1 atom stereocenters. The number of benzene rings is 2. The molecule has 2 rings (SSSR count). The summed E-state index contributed by atoms with van der Waals surface area (Å²) in [6.07, 6.45) is -4.13. The first-order valence-corrected chi connectivity index (χ1v) is 8.59. The molecule has 150 valence electrons. The minimum absolute atomic E-state index is 0.137. The van der Waals surface area contributed by atoms with E-state index in [0.29, 0.717) is 23.3 Å². The average Bonchev–Trinajstić information content (AvgIpc) is 2.65. The van der Waals surface area contributed by atoms with Crippen molar-refractivity contribution in [3.63, 3.8) is 0 Å². The molecule has 1 amide bonds. The fraction of sp³-hybridized carbons (Fsp3) is 0.300. The predicted octanol–water partition coefficient (Wildman–Crippen LogP) is 3.98.